The minimum atomic E-state index is -0.641. The molecular formula is C18H26FI2NOSi. The van der Waals surface area contributed by atoms with Crippen LogP contribution < -0.4 is 0 Å². The lowest BCUT2D eigenvalue weighted by atomic mass is 9.86. The molecule has 6 heteroatoms. The van der Waals surface area contributed by atoms with Gasteiger partial charge in [0.1, 0.15) is 11.4 Å². The fraction of sp³-hybridized carbons (Fsp3) is 0.611. The number of alkyl halides is 1. The Morgan fingerprint density at radius 3 is 2.25 bits per heavy atom. The molecule has 3 atom stereocenters. The molecule has 0 saturated carbocycles. The van der Waals surface area contributed by atoms with Gasteiger partial charge < -0.3 is 4.90 Å². The fourth-order valence-corrected chi connectivity index (χ4v) is 4.01. The molecule has 2 heterocycles. The SMILES string of the molecule is C[Si](C)(C)I.O=C1C(I)CC[C@H]2CCC[C@@H](c3ccc(F)cc3)N12. The number of carbonyl (C=O) groups excluding carboxylic acids is 1. The zero-order valence-corrected chi connectivity index (χ0v) is 19.9. The first-order valence-electron chi connectivity index (χ1n) is 8.57. The lowest BCUT2D eigenvalue weighted by Gasteiger charge is -2.46. The van der Waals surface area contributed by atoms with E-state index in [1.54, 1.807) is 0 Å². The normalized spacial score (nSPS) is 27.2. The van der Waals surface area contributed by atoms with E-state index in [1.165, 1.54) is 12.1 Å². The number of piperidine rings is 2. The van der Waals surface area contributed by atoms with Gasteiger partial charge >= 0.3 is 0 Å². The molecule has 2 fully saturated rings. The van der Waals surface area contributed by atoms with Crippen molar-refractivity contribution in [1.29, 1.82) is 0 Å². The molecule has 134 valence electrons. The molecule has 0 aromatic heterocycles. The summed E-state index contributed by atoms with van der Waals surface area (Å²) >= 11 is 4.77. The first kappa shape index (κ1) is 20.6. The number of rotatable bonds is 1. The van der Waals surface area contributed by atoms with Crippen molar-refractivity contribution < 1.29 is 9.18 Å². The number of benzene rings is 1. The average molecular weight is 573 g/mol. The smallest absolute Gasteiger partial charge is 0.236 e. The Morgan fingerprint density at radius 1 is 1.08 bits per heavy atom. The van der Waals surface area contributed by atoms with Gasteiger partial charge in [-0.3, -0.25) is 4.79 Å². The van der Waals surface area contributed by atoms with E-state index < -0.39 is 5.57 Å². The van der Waals surface area contributed by atoms with Crippen LogP contribution in [0.3, 0.4) is 0 Å². The van der Waals surface area contributed by atoms with Gasteiger partial charge in [0, 0.05) is 6.04 Å². The van der Waals surface area contributed by atoms with E-state index in [0.29, 0.717) is 6.04 Å². The minimum Gasteiger partial charge on any atom is -0.332 e. The van der Waals surface area contributed by atoms with Crippen LogP contribution in [0, 0.1) is 5.82 Å². The van der Waals surface area contributed by atoms with Crippen LogP contribution in [0.2, 0.25) is 19.6 Å². The van der Waals surface area contributed by atoms with Gasteiger partial charge in [-0.05, 0) is 49.8 Å². The van der Waals surface area contributed by atoms with Crippen LogP contribution in [-0.2, 0) is 4.79 Å². The van der Waals surface area contributed by atoms with E-state index in [2.05, 4.69) is 68.9 Å². The summed E-state index contributed by atoms with van der Waals surface area (Å²) in [6, 6.07) is 7.18. The number of fused-ring (bicyclic) bond motifs is 1. The second-order valence-electron chi connectivity index (χ2n) is 7.51. The van der Waals surface area contributed by atoms with Crippen LogP contribution in [-0.4, -0.2) is 26.3 Å². The van der Waals surface area contributed by atoms with Crippen LogP contribution in [0.1, 0.15) is 43.7 Å². The van der Waals surface area contributed by atoms with E-state index in [1.807, 2.05) is 12.1 Å². The third-order valence-corrected chi connectivity index (χ3v) is 5.43. The summed E-state index contributed by atoms with van der Waals surface area (Å²) in [4.78, 5) is 14.5. The first-order chi connectivity index (χ1) is 11.2. The minimum absolute atomic E-state index is 0.106. The molecule has 0 bridgehead atoms. The molecule has 24 heavy (non-hydrogen) atoms. The van der Waals surface area contributed by atoms with Gasteiger partial charge in [-0.25, -0.2) is 4.39 Å². The van der Waals surface area contributed by atoms with Gasteiger partial charge in [0.15, 0.2) is 0 Å². The molecule has 0 N–H and O–H groups in total. The maximum atomic E-state index is 13.0. The molecular weight excluding hydrogens is 547 g/mol. The summed E-state index contributed by atoms with van der Waals surface area (Å²) in [7, 11) is 0. The predicted octanol–water partition coefficient (Wildman–Crippen LogP) is 6.10. The summed E-state index contributed by atoms with van der Waals surface area (Å²) < 4.78 is 13.2. The predicted molar refractivity (Wildman–Crippen MR) is 118 cm³/mol. The summed E-state index contributed by atoms with van der Waals surface area (Å²) in [6.07, 6.45) is 5.38. The topological polar surface area (TPSA) is 20.3 Å². The quantitative estimate of drug-likeness (QED) is 0.172. The maximum Gasteiger partial charge on any atom is 0.236 e. The highest BCUT2D eigenvalue weighted by molar-refractivity contribution is 14.1. The van der Waals surface area contributed by atoms with Crippen molar-refractivity contribution in [3.05, 3.63) is 35.6 Å². The Bertz CT molecular complexity index is 555. The summed E-state index contributed by atoms with van der Waals surface area (Å²) in [6.45, 7) is 6.94. The first-order valence-corrected chi connectivity index (χ1v) is 16.4. The second-order valence-corrected chi connectivity index (χ2v) is 22.9. The van der Waals surface area contributed by atoms with Crippen molar-refractivity contribution in [2.24, 2.45) is 0 Å². The molecule has 1 unspecified atom stereocenters. The Kier molecular flexibility index (Phi) is 7.55. The molecule has 1 amide bonds. The number of amides is 1. The number of hydrogen-bond donors (Lipinski definition) is 0. The van der Waals surface area contributed by atoms with Crippen molar-refractivity contribution in [3.63, 3.8) is 0 Å². The number of halogens is 3. The molecule has 2 aliphatic rings. The van der Waals surface area contributed by atoms with Crippen LogP contribution in [0.4, 0.5) is 4.39 Å². The number of nitrogens with zero attached hydrogens (tertiary/aromatic N) is 1. The van der Waals surface area contributed by atoms with Crippen LogP contribution >= 0.6 is 44.4 Å². The van der Waals surface area contributed by atoms with Crippen molar-refractivity contribution >= 4 is 55.9 Å². The monoisotopic (exact) mass is 573 g/mol. The van der Waals surface area contributed by atoms with Gasteiger partial charge in [0.2, 0.25) is 5.91 Å². The van der Waals surface area contributed by atoms with Crippen molar-refractivity contribution in [1.82, 2.24) is 4.90 Å². The molecule has 2 nitrogen and oxygen atoms in total. The van der Waals surface area contributed by atoms with E-state index in [0.717, 1.165) is 37.7 Å². The van der Waals surface area contributed by atoms with Crippen molar-refractivity contribution in [3.8, 4) is 0 Å². The third-order valence-electron chi connectivity index (χ3n) is 4.27. The summed E-state index contributed by atoms with van der Waals surface area (Å²) in [5.41, 5.74) is 0.433. The average Bonchev–Trinajstić information content (AvgIpc) is 2.50. The van der Waals surface area contributed by atoms with Gasteiger partial charge in [-0.15, -0.1) is 21.8 Å². The van der Waals surface area contributed by atoms with Crippen LogP contribution in [0.25, 0.3) is 0 Å². The molecule has 2 saturated heterocycles. The molecule has 3 rings (SSSR count). The molecule has 1 aromatic carbocycles. The zero-order chi connectivity index (χ0) is 17.9. The Labute approximate surface area is 172 Å². The van der Waals surface area contributed by atoms with E-state index in [-0.39, 0.29) is 21.7 Å². The van der Waals surface area contributed by atoms with E-state index >= 15 is 0 Å². The number of carbonyl (C=O) groups is 1. The molecule has 1 aromatic rings. The van der Waals surface area contributed by atoms with Gasteiger partial charge in [-0.2, -0.15) is 0 Å². The lowest BCUT2D eigenvalue weighted by molar-refractivity contribution is -0.140. The molecule has 0 spiro atoms. The second kappa shape index (κ2) is 8.79. The van der Waals surface area contributed by atoms with E-state index in [9.17, 15) is 9.18 Å². The maximum absolute atomic E-state index is 13.0. The largest absolute Gasteiger partial charge is 0.332 e. The Morgan fingerprint density at radius 2 is 1.67 bits per heavy atom. The standard InChI is InChI=1S/C15H17FINO.C3H9ISi/c16-11-6-4-10(5-7-11)14-3-1-2-12-8-9-13(17)15(19)18(12)14;1-5(2,3)4/h4-7,12-14H,1-3,8-9H2;1-3H3/t12-,13?,14+;/m1./s1. The van der Waals surface area contributed by atoms with Gasteiger partial charge in [0.05, 0.1) is 9.97 Å². The highest BCUT2D eigenvalue weighted by Gasteiger charge is 2.40. The summed E-state index contributed by atoms with van der Waals surface area (Å²) in [5.74, 6) is 0.0544. The van der Waals surface area contributed by atoms with Crippen molar-refractivity contribution in [2.75, 3.05) is 0 Å². The lowest BCUT2D eigenvalue weighted by Crippen LogP contribution is -2.52. The van der Waals surface area contributed by atoms with Crippen LogP contribution in [0.5, 0.6) is 0 Å². The third kappa shape index (κ3) is 5.93. The van der Waals surface area contributed by atoms with Gasteiger partial charge in [0.25, 0.3) is 0 Å². The number of hydrogen-bond acceptors (Lipinski definition) is 1. The van der Waals surface area contributed by atoms with Crippen molar-refractivity contribution in [2.45, 2.75) is 67.8 Å². The molecule has 2 aliphatic heterocycles. The highest BCUT2D eigenvalue weighted by atomic mass is 127. The Balaban J connectivity index is 0.000000368. The highest BCUT2D eigenvalue weighted by Crippen LogP contribution is 2.40. The van der Waals surface area contributed by atoms with E-state index in [4.69, 9.17) is 0 Å². The fourth-order valence-electron chi connectivity index (χ4n) is 3.33. The summed E-state index contributed by atoms with van der Waals surface area (Å²) in [5, 5.41) is 0. The van der Waals surface area contributed by atoms with Crippen LogP contribution in [0.15, 0.2) is 24.3 Å². The van der Waals surface area contributed by atoms with Gasteiger partial charge in [-0.1, -0.05) is 54.4 Å². The molecule has 0 radical (unpaired) electrons. The molecule has 0 aliphatic carbocycles. The zero-order valence-electron chi connectivity index (χ0n) is 14.6. The Hall–Kier alpha value is 0.297.